The Morgan fingerprint density at radius 3 is 2.38 bits per heavy atom. The van der Waals surface area contributed by atoms with Crippen molar-refractivity contribution in [3.05, 3.63) is 78.6 Å². The van der Waals surface area contributed by atoms with E-state index in [1.165, 1.54) is 24.2 Å². The van der Waals surface area contributed by atoms with Crippen LogP contribution >= 0.6 is 11.8 Å². The average molecular weight is 373 g/mol. The van der Waals surface area contributed by atoms with Gasteiger partial charge in [0.25, 0.3) is 6.43 Å². The maximum absolute atomic E-state index is 12.8. The van der Waals surface area contributed by atoms with Crippen molar-refractivity contribution in [1.29, 1.82) is 0 Å². The van der Waals surface area contributed by atoms with Gasteiger partial charge in [-0.2, -0.15) is 5.10 Å². The minimum Gasteiger partial charge on any atom is -0.322 e. The minimum absolute atomic E-state index is 0.235. The third-order valence-corrected chi connectivity index (χ3v) is 4.83. The number of alkyl halides is 2. The highest BCUT2D eigenvalue weighted by atomic mass is 32.2. The van der Waals surface area contributed by atoms with Crippen molar-refractivity contribution < 1.29 is 13.6 Å². The second-order valence-corrected chi connectivity index (χ2v) is 6.73. The van der Waals surface area contributed by atoms with Crippen LogP contribution in [-0.4, -0.2) is 22.1 Å². The molecule has 4 nitrogen and oxygen atoms in total. The van der Waals surface area contributed by atoms with E-state index in [0.717, 1.165) is 15.1 Å². The van der Waals surface area contributed by atoms with E-state index in [1.807, 2.05) is 60.7 Å². The van der Waals surface area contributed by atoms with Crippen LogP contribution in [-0.2, 0) is 11.3 Å². The molecule has 0 radical (unpaired) electrons. The SMILES string of the molecule is O=C(Nc1cnn(CC(F)F)c1)C(Sc1ccccc1)c1ccccc1. The molecule has 3 aromatic rings. The first-order valence-corrected chi connectivity index (χ1v) is 8.88. The molecule has 3 rings (SSSR count). The van der Waals surface area contributed by atoms with Crippen LogP contribution in [0.5, 0.6) is 0 Å². The summed E-state index contributed by atoms with van der Waals surface area (Å²) in [6.07, 6.45) is 0.276. The summed E-state index contributed by atoms with van der Waals surface area (Å²) < 4.78 is 26.0. The van der Waals surface area contributed by atoms with Crippen LogP contribution in [0.2, 0.25) is 0 Å². The van der Waals surface area contributed by atoms with Crippen molar-refractivity contribution in [2.24, 2.45) is 0 Å². The van der Waals surface area contributed by atoms with Crippen molar-refractivity contribution in [2.75, 3.05) is 5.32 Å². The van der Waals surface area contributed by atoms with Crippen LogP contribution in [0.15, 0.2) is 78.0 Å². The van der Waals surface area contributed by atoms with E-state index in [0.29, 0.717) is 5.69 Å². The maximum atomic E-state index is 12.8. The van der Waals surface area contributed by atoms with E-state index in [4.69, 9.17) is 0 Å². The topological polar surface area (TPSA) is 46.9 Å². The van der Waals surface area contributed by atoms with Gasteiger partial charge in [-0.25, -0.2) is 8.78 Å². The molecular formula is C19H17F2N3OS. The Bertz CT molecular complexity index is 840. The van der Waals surface area contributed by atoms with Gasteiger partial charge in [0, 0.05) is 11.1 Å². The summed E-state index contributed by atoms with van der Waals surface area (Å²) in [7, 11) is 0. The fourth-order valence-electron chi connectivity index (χ4n) is 2.41. The van der Waals surface area contributed by atoms with Crippen molar-refractivity contribution in [3.8, 4) is 0 Å². The van der Waals surface area contributed by atoms with Gasteiger partial charge in [0.05, 0.1) is 11.9 Å². The average Bonchev–Trinajstić information content (AvgIpc) is 3.07. The van der Waals surface area contributed by atoms with Crippen LogP contribution in [0, 0.1) is 0 Å². The zero-order valence-corrected chi connectivity index (χ0v) is 14.6. The van der Waals surface area contributed by atoms with Gasteiger partial charge in [0.1, 0.15) is 11.8 Å². The van der Waals surface area contributed by atoms with Crippen molar-refractivity contribution in [1.82, 2.24) is 9.78 Å². The standard InChI is InChI=1S/C19H17F2N3OS/c20-17(21)13-24-12-15(11-22-24)23-19(25)18(14-7-3-1-4-8-14)26-16-9-5-2-6-10-16/h1-12,17-18H,13H2,(H,23,25). The lowest BCUT2D eigenvalue weighted by Gasteiger charge is -2.16. The van der Waals surface area contributed by atoms with Gasteiger partial charge in [-0.15, -0.1) is 11.8 Å². The van der Waals surface area contributed by atoms with Crippen LogP contribution in [0.3, 0.4) is 0 Å². The Balaban J connectivity index is 1.77. The predicted octanol–water partition coefficient (Wildman–Crippen LogP) is 4.62. The molecule has 0 saturated carbocycles. The monoisotopic (exact) mass is 373 g/mol. The molecule has 26 heavy (non-hydrogen) atoms. The molecule has 1 amide bonds. The Morgan fingerprint density at radius 1 is 1.08 bits per heavy atom. The normalized spacial score (nSPS) is 12.1. The maximum Gasteiger partial charge on any atom is 0.257 e. The summed E-state index contributed by atoms with van der Waals surface area (Å²) in [4.78, 5) is 13.8. The highest BCUT2D eigenvalue weighted by Gasteiger charge is 2.22. The van der Waals surface area contributed by atoms with Gasteiger partial charge >= 0.3 is 0 Å². The summed E-state index contributed by atoms with van der Waals surface area (Å²) in [5.41, 5.74) is 1.25. The van der Waals surface area contributed by atoms with Crippen LogP contribution < -0.4 is 5.32 Å². The number of hydrogen-bond donors (Lipinski definition) is 1. The van der Waals surface area contributed by atoms with Gasteiger partial charge in [0.2, 0.25) is 5.91 Å². The first kappa shape index (κ1) is 18.1. The van der Waals surface area contributed by atoms with Gasteiger partial charge < -0.3 is 5.32 Å². The Kier molecular flexibility index (Phi) is 6.01. The van der Waals surface area contributed by atoms with E-state index >= 15 is 0 Å². The molecule has 0 bridgehead atoms. The molecule has 0 aliphatic carbocycles. The largest absolute Gasteiger partial charge is 0.322 e. The van der Waals surface area contributed by atoms with E-state index in [9.17, 15) is 13.6 Å². The molecule has 1 heterocycles. The minimum atomic E-state index is -2.50. The zero-order chi connectivity index (χ0) is 18.4. The number of carbonyl (C=O) groups is 1. The third kappa shape index (κ3) is 4.92. The van der Waals surface area contributed by atoms with Crippen LogP contribution in [0.4, 0.5) is 14.5 Å². The van der Waals surface area contributed by atoms with Gasteiger partial charge in [-0.1, -0.05) is 48.5 Å². The lowest BCUT2D eigenvalue weighted by molar-refractivity contribution is -0.115. The first-order chi connectivity index (χ1) is 12.6. The lowest BCUT2D eigenvalue weighted by Crippen LogP contribution is -2.18. The number of halogens is 2. The van der Waals surface area contributed by atoms with Crippen molar-refractivity contribution in [2.45, 2.75) is 23.1 Å². The molecule has 0 saturated heterocycles. The molecule has 0 fully saturated rings. The quantitative estimate of drug-likeness (QED) is 0.615. The van der Waals surface area contributed by atoms with E-state index < -0.39 is 18.2 Å². The number of nitrogens with one attached hydrogen (secondary N) is 1. The molecule has 0 aliphatic heterocycles. The molecule has 1 aromatic heterocycles. The summed E-state index contributed by atoms with van der Waals surface area (Å²) in [6.45, 7) is -0.503. The third-order valence-electron chi connectivity index (χ3n) is 3.56. The predicted molar refractivity (Wildman–Crippen MR) is 98.3 cm³/mol. The number of benzene rings is 2. The summed E-state index contributed by atoms with van der Waals surface area (Å²) in [5.74, 6) is -0.235. The van der Waals surface area contributed by atoms with Gasteiger partial charge in [-0.3, -0.25) is 9.48 Å². The number of carbonyl (C=O) groups excluding carboxylic acids is 1. The highest BCUT2D eigenvalue weighted by Crippen LogP contribution is 2.36. The molecule has 134 valence electrons. The number of aromatic nitrogens is 2. The summed E-state index contributed by atoms with van der Waals surface area (Å²) in [6, 6.07) is 19.0. The fraction of sp³-hybridized carbons (Fsp3) is 0.158. The Hall–Kier alpha value is -2.67. The molecular weight excluding hydrogens is 356 g/mol. The number of amides is 1. The van der Waals surface area contributed by atoms with Crippen LogP contribution in [0.25, 0.3) is 0 Å². The highest BCUT2D eigenvalue weighted by molar-refractivity contribution is 8.00. The molecule has 0 spiro atoms. The fourth-order valence-corrected chi connectivity index (χ4v) is 3.46. The number of rotatable bonds is 7. The Labute approximate surface area is 154 Å². The smallest absolute Gasteiger partial charge is 0.257 e. The van der Waals surface area contributed by atoms with Crippen molar-refractivity contribution >= 4 is 23.4 Å². The van der Waals surface area contributed by atoms with Crippen LogP contribution in [0.1, 0.15) is 10.8 Å². The summed E-state index contributed by atoms with van der Waals surface area (Å²) in [5, 5.41) is 6.13. The molecule has 1 atom stereocenters. The van der Waals surface area contributed by atoms with Gasteiger partial charge in [0.15, 0.2) is 0 Å². The summed E-state index contributed by atoms with van der Waals surface area (Å²) >= 11 is 1.43. The second-order valence-electron chi connectivity index (χ2n) is 5.55. The van der Waals surface area contributed by atoms with Gasteiger partial charge in [-0.05, 0) is 17.7 Å². The van der Waals surface area contributed by atoms with E-state index in [-0.39, 0.29) is 5.91 Å². The lowest BCUT2D eigenvalue weighted by atomic mass is 10.1. The first-order valence-electron chi connectivity index (χ1n) is 8.00. The number of anilines is 1. The number of hydrogen-bond acceptors (Lipinski definition) is 3. The second kappa shape index (κ2) is 8.62. The molecule has 2 aromatic carbocycles. The number of nitrogens with zero attached hydrogens (tertiary/aromatic N) is 2. The molecule has 1 N–H and O–H groups in total. The van der Waals surface area contributed by atoms with Crippen molar-refractivity contribution in [3.63, 3.8) is 0 Å². The molecule has 0 aliphatic rings. The van der Waals surface area contributed by atoms with E-state index in [1.54, 1.807) is 0 Å². The zero-order valence-electron chi connectivity index (χ0n) is 13.8. The van der Waals surface area contributed by atoms with E-state index in [2.05, 4.69) is 10.4 Å². The number of thioether (sulfide) groups is 1. The Morgan fingerprint density at radius 2 is 1.73 bits per heavy atom. The molecule has 7 heteroatoms. The molecule has 1 unspecified atom stereocenters.